The zero-order chi connectivity index (χ0) is 18.0. The van der Waals surface area contributed by atoms with Gasteiger partial charge in [0.25, 0.3) is 15.9 Å². The van der Waals surface area contributed by atoms with Crippen molar-refractivity contribution in [2.75, 3.05) is 18.4 Å². The number of aryl methyl sites for hydroxylation is 1. The fourth-order valence-corrected chi connectivity index (χ4v) is 3.78. The van der Waals surface area contributed by atoms with E-state index in [2.05, 4.69) is 15.0 Å². The molecule has 1 amide bonds. The number of hydrogen-bond acceptors (Lipinski definition) is 5. The molecule has 1 aromatic heterocycles. The van der Waals surface area contributed by atoms with Crippen molar-refractivity contribution in [3.63, 3.8) is 0 Å². The van der Waals surface area contributed by atoms with Crippen molar-refractivity contribution in [3.8, 4) is 5.75 Å². The first-order chi connectivity index (χ1) is 11.9. The number of ether oxygens (including phenoxy) is 1. The minimum atomic E-state index is -4.12. The number of carbonyl (C=O) groups is 1. The molecule has 1 aliphatic heterocycles. The lowest BCUT2D eigenvalue weighted by atomic mass is 10.1. The van der Waals surface area contributed by atoms with Crippen LogP contribution in [0.1, 0.15) is 22.5 Å². The minimum absolute atomic E-state index is 0.00867. The highest BCUT2D eigenvalue weighted by molar-refractivity contribution is 7.92. The molecule has 3 rings (SSSR count). The third-order valence-corrected chi connectivity index (χ3v) is 5.16. The van der Waals surface area contributed by atoms with E-state index in [0.717, 1.165) is 18.6 Å². The molecule has 7 nitrogen and oxygen atoms in total. The summed E-state index contributed by atoms with van der Waals surface area (Å²) in [5.74, 6) is -1.00. The van der Waals surface area contributed by atoms with Crippen LogP contribution < -0.4 is 14.8 Å². The lowest BCUT2D eigenvalue weighted by Gasteiger charge is -2.13. The van der Waals surface area contributed by atoms with E-state index in [4.69, 9.17) is 4.74 Å². The quantitative estimate of drug-likeness (QED) is 0.860. The standard InChI is InChI=1S/C16H16FN3O4S/c1-24-14-5-4-10(17)7-15(14)25(22,23)20-11-8-12-13(19-9-11)3-2-6-18-16(12)21/h4-5,7-9,20H,2-3,6H2,1H3,(H,18,21). The molecule has 0 atom stereocenters. The van der Waals surface area contributed by atoms with Crippen LogP contribution in [0.3, 0.4) is 0 Å². The summed E-state index contributed by atoms with van der Waals surface area (Å²) >= 11 is 0. The zero-order valence-electron chi connectivity index (χ0n) is 13.4. The number of aromatic nitrogens is 1. The fraction of sp³-hybridized carbons (Fsp3) is 0.250. The highest BCUT2D eigenvalue weighted by atomic mass is 32.2. The van der Waals surface area contributed by atoms with Gasteiger partial charge in [0.05, 0.1) is 30.3 Å². The number of nitrogens with zero attached hydrogens (tertiary/aromatic N) is 1. The Hall–Kier alpha value is -2.68. The van der Waals surface area contributed by atoms with Gasteiger partial charge in [0.2, 0.25) is 0 Å². The van der Waals surface area contributed by atoms with E-state index < -0.39 is 15.8 Å². The number of amides is 1. The van der Waals surface area contributed by atoms with Gasteiger partial charge < -0.3 is 10.1 Å². The summed E-state index contributed by atoms with van der Waals surface area (Å²) in [6, 6.07) is 4.62. The lowest BCUT2D eigenvalue weighted by Crippen LogP contribution is -2.23. The van der Waals surface area contributed by atoms with Crippen LogP contribution in [0, 0.1) is 5.82 Å². The molecule has 132 valence electrons. The number of rotatable bonds is 4. The normalized spacial score (nSPS) is 14.2. The number of anilines is 1. The molecule has 0 fully saturated rings. The second kappa shape index (κ2) is 6.67. The molecule has 2 heterocycles. The summed E-state index contributed by atoms with van der Waals surface area (Å²) in [4.78, 5) is 15.9. The third kappa shape index (κ3) is 3.55. The molecule has 25 heavy (non-hydrogen) atoms. The van der Waals surface area contributed by atoms with Gasteiger partial charge in [0.1, 0.15) is 16.5 Å². The summed E-state index contributed by atoms with van der Waals surface area (Å²) in [6.07, 6.45) is 2.72. The number of pyridine rings is 1. The number of methoxy groups -OCH3 is 1. The Kier molecular flexibility index (Phi) is 4.58. The van der Waals surface area contributed by atoms with E-state index in [1.165, 1.54) is 25.4 Å². The topological polar surface area (TPSA) is 97.4 Å². The number of sulfonamides is 1. The van der Waals surface area contributed by atoms with Crippen molar-refractivity contribution < 1.29 is 22.3 Å². The maximum absolute atomic E-state index is 13.5. The van der Waals surface area contributed by atoms with E-state index >= 15 is 0 Å². The van der Waals surface area contributed by atoms with Gasteiger partial charge in [-0.25, -0.2) is 12.8 Å². The number of nitrogens with one attached hydrogen (secondary N) is 2. The van der Waals surface area contributed by atoms with Gasteiger partial charge in [-0.2, -0.15) is 0 Å². The number of halogens is 1. The van der Waals surface area contributed by atoms with Gasteiger partial charge in [-0.1, -0.05) is 0 Å². The van der Waals surface area contributed by atoms with Crippen molar-refractivity contribution >= 4 is 21.6 Å². The molecule has 2 N–H and O–H groups in total. The Bertz CT molecular complexity index is 931. The number of benzene rings is 1. The SMILES string of the molecule is COc1ccc(F)cc1S(=O)(=O)Nc1cnc2c(c1)C(=O)NCCC2. The van der Waals surface area contributed by atoms with Gasteiger partial charge >= 0.3 is 0 Å². The Morgan fingerprint density at radius 2 is 2.12 bits per heavy atom. The molecular weight excluding hydrogens is 349 g/mol. The van der Waals surface area contributed by atoms with Gasteiger partial charge in [0, 0.05) is 6.54 Å². The van der Waals surface area contributed by atoms with Crippen molar-refractivity contribution in [2.45, 2.75) is 17.7 Å². The van der Waals surface area contributed by atoms with Crippen LogP contribution in [-0.2, 0) is 16.4 Å². The Morgan fingerprint density at radius 1 is 1.32 bits per heavy atom. The number of carbonyl (C=O) groups excluding carboxylic acids is 1. The molecule has 0 saturated heterocycles. The fourth-order valence-electron chi connectivity index (χ4n) is 2.57. The second-order valence-corrected chi connectivity index (χ2v) is 7.13. The van der Waals surface area contributed by atoms with Crippen LogP contribution in [0.4, 0.5) is 10.1 Å². The van der Waals surface area contributed by atoms with Crippen LogP contribution in [-0.4, -0.2) is 33.0 Å². The predicted octanol–water partition coefficient (Wildman–Crippen LogP) is 1.71. The van der Waals surface area contributed by atoms with Crippen LogP contribution in [0.25, 0.3) is 0 Å². The lowest BCUT2D eigenvalue weighted by molar-refractivity contribution is 0.0956. The van der Waals surface area contributed by atoms with Crippen molar-refractivity contribution in [2.24, 2.45) is 0 Å². The number of fused-ring (bicyclic) bond motifs is 1. The predicted molar refractivity (Wildman–Crippen MR) is 88.7 cm³/mol. The summed E-state index contributed by atoms with van der Waals surface area (Å²) in [5, 5.41) is 2.72. The summed E-state index contributed by atoms with van der Waals surface area (Å²) in [6.45, 7) is 0.538. The number of hydrogen-bond donors (Lipinski definition) is 2. The molecule has 0 spiro atoms. The van der Waals surface area contributed by atoms with Gasteiger partial charge in [-0.05, 0) is 37.1 Å². The van der Waals surface area contributed by atoms with E-state index in [1.54, 1.807) is 0 Å². The van der Waals surface area contributed by atoms with Crippen LogP contribution in [0.5, 0.6) is 5.75 Å². The first-order valence-electron chi connectivity index (χ1n) is 7.54. The Labute approximate surface area is 144 Å². The molecule has 0 saturated carbocycles. The molecular formula is C16H16FN3O4S. The average Bonchev–Trinajstić information content (AvgIpc) is 2.76. The largest absolute Gasteiger partial charge is 0.495 e. The highest BCUT2D eigenvalue weighted by Crippen LogP contribution is 2.27. The van der Waals surface area contributed by atoms with Crippen molar-refractivity contribution in [3.05, 3.63) is 47.5 Å². The van der Waals surface area contributed by atoms with Gasteiger partial charge in [-0.15, -0.1) is 0 Å². The zero-order valence-corrected chi connectivity index (χ0v) is 14.2. The smallest absolute Gasteiger partial charge is 0.265 e. The average molecular weight is 365 g/mol. The monoisotopic (exact) mass is 365 g/mol. The van der Waals surface area contributed by atoms with Crippen LogP contribution >= 0.6 is 0 Å². The highest BCUT2D eigenvalue weighted by Gasteiger charge is 2.23. The minimum Gasteiger partial charge on any atom is -0.495 e. The molecule has 0 bridgehead atoms. The van der Waals surface area contributed by atoms with E-state index in [-0.39, 0.29) is 22.2 Å². The molecule has 1 aromatic carbocycles. The Balaban J connectivity index is 1.97. The molecule has 0 aliphatic carbocycles. The van der Waals surface area contributed by atoms with Crippen LogP contribution in [0.15, 0.2) is 35.4 Å². The molecule has 0 radical (unpaired) electrons. The summed E-state index contributed by atoms with van der Waals surface area (Å²) < 4.78 is 45.9. The maximum atomic E-state index is 13.5. The second-order valence-electron chi connectivity index (χ2n) is 5.48. The summed E-state index contributed by atoms with van der Waals surface area (Å²) in [5.41, 5.74) is 1.05. The molecule has 0 unspecified atom stereocenters. The van der Waals surface area contributed by atoms with Gasteiger partial charge in [0.15, 0.2) is 0 Å². The first kappa shape index (κ1) is 17.2. The van der Waals surface area contributed by atoms with Gasteiger partial charge in [-0.3, -0.25) is 14.5 Å². The van der Waals surface area contributed by atoms with E-state index in [1.807, 2.05) is 0 Å². The van der Waals surface area contributed by atoms with E-state index in [9.17, 15) is 17.6 Å². The summed E-state index contributed by atoms with van der Waals surface area (Å²) in [7, 11) is -2.83. The molecule has 2 aromatic rings. The van der Waals surface area contributed by atoms with Crippen LogP contribution in [0.2, 0.25) is 0 Å². The maximum Gasteiger partial charge on any atom is 0.265 e. The Morgan fingerprint density at radius 3 is 2.88 bits per heavy atom. The first-order valence-corrected chi connectivity index (χ1v) is 9.02. The van der Waals surface area contributed by atoms with E-state index in [0.29, 0.717) is 24.2 Å². The van der Waals surface area contributed by atoms with Crippen molar-refractivity contribution in [1.29, 1.82) is 0 Å². The third-order valence-electron chi connectivity index (χ3n) is 3.76. The van der Waals surface area contributed by atoms with Crippen molar-refractivity contribution in [1.82, 2.24) is 10.3 Å². The molecule has 1 aliphatic rings. The molecule has 9 heteroatoms.